The van der Waals surface area contributed by atoms with E-state index >= 15 is 0 Å². The molecule has 0 radical (unpaired) electrons. The van der Waals surface area contributed by atoms with E-state index in [1.807, 2.05) is 12.1 Å². The number of hydrogen-bond donors (Lipinski definition) is 2. The van der Waals surface area contributed by atoms with Crippen molar-refractivity contribution in [3.8, 4) is 5.88 Å². The van der Waals surface area contributed by atoms with Gasteiger partial charge in [-0.1, -0.05) is 6.92 Å². The maximum absolute atomic E-state index is 5.15. The highest BCUT2D eigenvalue weighted by Crippen LogP contribution is 2.35. The summed E-state index contributed by atoms with van der Waals surface area (Å²) in [7, 11) is 1.63. The van der Waals surface area contributed by atoms with Crippen LogP contribution in [0.3, 0.4) is 0 Å². The van der Waals surface area contributed by atoms with Gasteiger partial charge in [-0.05, 0) is 38.4 Å². The number of nitrogens with zero attached hydrogens (tertiary/aromatic N) is 2. The Morgan fingerprint density at radius 2 is 2.05 bits per heavy atom. The molecule has 0 atom stereocenters. The van der Waals surface area contributed by atoms with Gasteiger partial charge >= 0.3 is 0 Å². The summed E-state index contributed by atoms with van der Waals surface area (Å²) in [6.07, 6.45) is 3.35. The first-order valence-corrected chi connectivity index (χ1v) is 6.89. The second kappa shape index (κ2) is 4.81. The third kappa shape index (κ3) is 2.08. The molecule has 0 spiro atoms. The van der Waals surface area contributed by atoms with E-state index in [4.69, 9.17) is 9.72 Å². The molecule has 0 aromatic carbocycles. The summed E-state index contributed by atoms with van der Waals surface area (Å²) >= 11 is 0. The summed E-state index contributed by atoms with van der Waals surface area (Å²) in [5.74, 6) is 1.69. The zero-order chi connectivity index (χ0) is 13.3. The van der Waals surface area contributed by atoms with Crippen LogP contribution < -0.4 is 10.1 Å². The van der Waals surface area contributed by atoms with Crippen LogP contribution in [0.1, 0.15) is 32.0 Å². The van der Waals surface area contributed by atoms with Gasteiger partial charge in [-0.3, -0.25) is 0 Å². The van der Waals surface area contributed by atoms with Gasteiger partial charge in [0.15, 0.2) is 5.65 Å². The van der Waals surface area contributed by atoms with Gasteiger partial charge in [-0.2, -0.15) is 4.98 Å². The smallest absolute Gasteiger partial charge is 0.215 e. The molecule has 5 nitrogen and oxygen atoms in total. The predicted molar refractivity (Wildman–Crippen MR) is 74.5 cm³/mol. The van der Waals surface area contributed by atoms with Crippen LogP contribution in [0.4, 0.5) is 0 Å². The van der Waals surface area contributed by atoms with Crippen molar-refractivity contribution in [1.82, 2.24) is 20.3 Å². The number of piperidine rings is 1. The standard InChI is InChI=1S/C14H20N4O/c1-3-14(6-8-15-9-7-14)13-16-10-4-5-11(19-2)17-12(10)18-13/h4-5,15H,3,6-9H2,1-2H3,(H,16,17,18). The fraction of sp³-hybridized carbons (Fsp3) is 0.571. The summed E-state index contributed by atoms with van der Waals surface area (Å²) in [5, 5.41) is 3.42. The van der Waals surface area contributed by atoms with Gasteiger partial charge in [0.2, 0.25) is 5.88 Å². The molecule has 2 aromatic rings. The quantitative estimate of drug-likeness (QED) is 0.886. The summed E-state index contributed by atoms with van der Waals surface area (Å²) in [4.78, 5) is 12.6. The zero-order valence-corrected chi connectivity index (χ0v) is 11.5. The van der Waals surface area contributed by atoms with Crippen LogP contribution in [-0.2, 0) is 5.41 Å². The van der Waals surface area contributed by atoms with Crippen LogP contribution in [0.25, 0.3) is 11.2 Å². The maximum Gasteiger partial charge on any atom is 0.215 e. The average Bonchev–Trinajstić information content (AvgIpc) is 2.91. The molecule has 2 aromatic heterocycles. The van der Waals surface area contributed by atoms with Crippen molar-refractivity contribution in [3.63, 3.8) is 0 Å². The average molecular weight is 260 g/mol. The van der Waals surface area contributed by atoms with Crippen molar-refractivity contribution in [1.29, 1.82) is 0 Å². The van der Waals surface area contributed by atoms with E-state index in [9.17, 15) is 0 Å². The van der Waals surface area contributed by atoms with Crippen molar-refractivity contribution in [3.05, 3.63) is 18.0 Å². The van der Waals surface area contributed by atoms with E-state index in [1.165, 1.54) is 0 Å². The molecule has 5 heteroatoms. The third-order valence-electron chi connectivity index (χ3n) is 4.27. The van der Waals surface area contributed by atoms with Crippen LogP contribution in [0.2, 0.25) is 0 Å². The summed E-state index contributed by atoms with van der Waals surface area (Å²) in [5.41, 5.74) is 1.90. The lowest BCUT2D eigenvalue weighted by Gasteiger charge is -2.34. The molecule has 0 amide bonds. The third-order valence-corrected chi connectivity index (χ3v) is 4.27. The Bertz CT molecular complexity index is 572. The number of imidazole rings is 1. The fourth-order valence-corrected chi connectivity index (χ4v) is 2.90. The Hall–Kier alpha value is -1.62. The number of ether oxygens (including phenoxy) is 1. The van der Waals surface area contributed by atoms with Gasteiger partial charge in [-0.15, -0.1) is 0 Å². The molecule has 0 unspecified atom stereocenters. The first-order chi connectivity index (χ1) is 9.27. The SMILES string of the molecule is CCC1(c2nc3nc(OC)ccc3[nH]2)CCNCC1. The Morgan fingerprint density at radius 3 is 2.74 bits per heavy atom. The predicted octanol–water partition coefficient (Wildman–Crippen LogP) is 2.00. The summed E-state index contributed by atoms with van der Waals surface area (Å²) in [6, 6.07) is 3.85. The van der Waals surface area contributed by atoms with E-state index in [-0.39, 0.29) is 5.41 Å². The Labute approximate surface area is 112 Å². The molecule has 2 N–H and O–H groups in total. The Morgan fingerprint density at radius 1 is 1.26 bits per heavy atom. The van der Waals surface area contributed by atoms with Crippen molar-refractivity contribution in [2.75, 3.05) is 20.2 Å². The number of aromatic nitrogens is 3. The second-order valence-electron chi connectivity index (χ2n) is 5.19. The molecule has 1 aliphatic heterocycles. The number of aromatic amines is 1. The Kier molecular flexibility index (Phi) is 3.14. The minimum absolute atomic E-state index is 0.166. The molecule has 0 bridgehead atoms. The number of pyridine rings is 1. The highest BCUT2D eigenvalue weighted by atomic mass is 16.5. The minimum atomic E-state index is 0.166. The molecule has 1 fully saturated rings. The van der Waals surface area contributed by atoms with Gasteiger partial charge in [0.25, 0.3) is 0 Å². The minimum Gasteiger partial charge on any atom is -0.481 e. The number of hydrogen-bond acceptors (Lipinski definition) is 4. The first kappa shape index (κ1) is 12.4. The van der Waals surface area contributed by atoms with Gasteiger partial charge in [0, 0.05) is 11.5 Å². The molecular formula is C14H20N4O. The fourth-order valence-electron chi connectivity index (χ4n) is 2.90. The molecule has 3 heterocycles. The molecule has 1 aliphatic rings. The molecule has 19 heavy (non-hydrogen) atoms. The van der Waals surface area contributed by atoms with Gasteiger partial charge in [-0.25, -0.2) is 4.98 Å². The van der Waals surface area contributed by atoms with Crippen LogP contribution in [-0.4, -0.2) is 35.2 Å². The first-order valence-electron chi connectivity index (χ1n) is 6.89. The van der Waals surface area contributed by atoms with E-state index in [2.05, 4.69) is 22.2 Å². The number of fused-ring (bicyclic) bond motifs is 1. The van der Waals surface area contributed by atoms with Crippen LogP contribution >= 0.6 is 0 Å². The summed E-state index contributed by atoms with van der Waals surface area (Å²) in [6.45, 7) is 4.36. The van der Waals surface area contributed by atoms with E-state index < -0.39 is 0 Å². The lowest BCUT2D eigenvalue weighted by Crippen LogP contribution is -2.40. The van der Waals surface area contributed by atoms with E-state index in [0.29, 0.717) is 5.88 Å². The number of rotatable bonds is 3. The highest BCUT2D eigenvalue weighted by Gasteiger charge is 2.35. The molecule has 0 aliphatic carbocycles. The monoisotopic (exact) mass is 260 g/mol. The van der Waals surface area contributed by atoms with Crippen molar-refractivity contribution in [2.24, 2.45) is 0 Å². The molecule has 1 saturated heterocycles. The largest absolute Gasteiger partial charge is 0.481 e. The van der Waals surface area contributed by atoms with Crippen molar-refractivity contribution < 1.29 is 4.74 Å². The zero-order valence-electron chi connectivity index (χ0n) is 11.5. The van der Waals surface area contributed by atoms with E-state index in [1.54, 1.807) is 7.11 Å². The van der Waals surface area contributed by atoms with Gasteiger partial charge < -0.3 is 15.0 Å². The van der Waals surface area contributed by atoms with Crippen LogP contribution in [0.5, 0.6) is 5.88 Å². The normalized spacial score (nSPS) is 18.6. The molecule has 3 rings (SSSR count). The summed E-state index contributed by atoms with van der Waals surface area (Å²) < 4.78 is 5.15. The number of methoxy groups -OCH3 is 1. The number of nitrogens with one attached hydrogen (secondary N) is 2. The van der Waals surface area contributed by atoms with Gasteiger partial charge in [0.1, 0.15) is 5.82 Å². The van der Waals surface area contributed by atoms with Gasteiger partial charge in [0.05, 0.1) is 12.6 Å². The van der Waals surface area contributed by atoms with Crippen LogP contribution in [0.15, 0.2) is 12.1 Å². The topological polar surface area (TPSA) is 62.8 Å². The lowest BCUT2D eigenvalue weighted by atomic mass is 9.76. The van der Waals surface area contributed by atoms with E-state index in [0.717, 1.165) is 49.3 Å². The van der Waals surface area contributed by atoms with Crippen molar-refractivity contribution in [2.45, 2.75) is 31.6 Å². The molecular weight excluding hydrogens is 240 g/mol. The van der Waals surface area contributed by atoms with Crippen LogP contribution in [0, 0.1) is 0 Å². The molecule has 0 saturated carbocycles. The second-order valence-corrected chi connectivity index (χ2v) is 5.19. The highest BCUT2D eigenvalue weighted by molar-refractivity contribution is 5.71. The lowest BCUT2D eigenvalue weighted by molar-refractivity contribution is 0.285. The van der Waals surface area contributed by atoms with Crippen molar-refractivity contribution >= 4 is 11.2 Å². The number of H-pyrrole nitrogens is 1. The maximum atomic E-state index is 5.15. The Balaban J connectivity index is 2.03. The molecule has 102 valence electrons.